The minimum absolute atomic E-state index is 0.0708. The molecule has 0 saturated heterocycles. The Labute approximate surface area is 149 Å². The van der Waals surface area contributed by atoms with Crippen LogP contribution in [-0.4, -0.2) is 15.5 Å². The fourth-order valence-corrected chi connectivity index (χ4v) is 2.54. The number of rotatable bonds is 4. The average molecular weight is 354 g/mol. The molecule has 5 nitrogen and oxygen atoms in total. The maximum atomic E-state index is 12.6. The number of aromatic nitrogens is 2. The molecule has 0 atom stereocenters. The Hall–Kier alpha value is -2.92. The normalized spacial score (nSPS) is 10.5. The first-order valence-corrected chi connectivity index (χ1v) is 8.09. The van der Waals surface area contributed by atoms with Crippen molar-refractivity contribution in [3.8, 4) is 0 Å². The quantitative estimate of drug-likeness (QED) is 0.780. The number of nitrogens with one attached hydrogen (secondary N) is 1. The first-order valence-electron chi connectivity index (χ1n) is 7.71. The van der Waals surface area contributed by atoms with Crippen molar-refractivity contribution >= 4 is 23.3 Å². The third kappa shape index (κ3) is 3.95. The number of aryl methyl sites for hydroxylation is 1. The summed E-state index contributed by atoms with van der Waals surface area (Å²) in [6, 6.07) is 14.0. The van der Waals surface area contributed by atoms with E-state index in [4.69, 9.17) is 11.6 Å². The minimum atomic E-state index is -0.475. The largest absolute Gasteiger partial charge is 0.310 e. The summed E-state index contributed by atoms with van der Waals surface area (Å²) in [4.78, 5) is 29.2. The van der Waals surface area contributed by atoms with E-state index in [9.17, 15) is 9.59 Å². The number of halogens is 1. The zero-order valence-electron chi connectivity index (χ0n) is 13.6. The molecule has 0 aliphatic heterocycles. The summed E-state index contributed by atoms with van der Waals surface area (Å²) in [6.45, 7) is 2.20. The Morgan fingerprint density at radius 2 is 1.92 bits per heavy atom. The Balaban J connectivity index is 1.85. The van der Waals surface area contributed by atoms with Crippen LogP contribution in [0, 0.1) is 6.92 Å². The second-order valence-electron chi connectivity index (χ2n) is 5.60. The molecular formula is C19H16ClN3O2. The lowest BCUT2D eigenvalue weighted by atomic mass is 10.2. The first kappa shape index (κ1) is 16.9. The van der Waals surface area contributed by atoms with Crippen LogP contribution in [0.15, 0.2) is 65.7 Å². The van der Waals surface area contributed by atoms with E-state index in [0.717, 1.165) is 11.1 Å². The molecule has 2 heterocycles. The molecule has 0 saturated carbocycles. The van der Waals surface area contributed by atoms with Crippen LogP contribution in [0.25, 0.3) is 0 Å². The van der Waals surface area contributed by atoms with Gasteiger partial charge in [-0.2, -0.15) is 0 Å². The third-order valence-electron chi connectivity index (χ3n) is 3.77. The number of pyridine rings is 2. The van der Waals surface area contributed by atoms with Gasteiger partial charge < -0.3 is 9.88 Å². The molecule has 1 amide bonds. The van der Waals surface area contributed by atoms with Crippen LogP contribution in [0.5, 0.6) is 0 Å². The molecule has 0 aliphatic carbocycles. The second kappa shape index (κ2) is 7.32. The SMILES string of the molecule is Cc1cccnc1NC(=O)c1cccn(Cc2ccc(Cl)cc2)c1=O. The van der Waals surface area contributed by atoms with Crippen molar-refractivity contribution in [2.45, 2.75) is 13.5 Å². The maximum Gasteiger partial charge on any atom is 0.263 e. The summed E-state index contributed by atoms with van der Waals surface area (Å²) in [6.07, 6.45) is 3.24. The summed E-state index contributed by atoms with van der Waals surface area (Å²) >= 11 is 5.88. The molecule has 25 heavy (non-hydrogen) atoms. The van der Waals surface area contributed by atoms with Gasteiger partial charge in [-0.05, 0) is 48.4 Å². The lowest BCUT2D eigenvalue weighted by Gasteiger charge is -2.10. The number of carbonyl (C=O) groups excluding carboxylic acids is 1. The Kier molecular flexibility index (Phi) is 4.95. The van der Waals surface area contributed by atoms with Crippen LogP contribution in [-0.2, 0) is 6.54 Å². The van der Waals surface area contributed by atoms with Gasteiger partial charge in [-0.25, -0.2) is 4.98 Å². The smallest absolute Gasteiger partial charge is 0.263 e. The second-order valence-corrected chi connectivity index (χ2v) is 6.04. The molecule has 3 rings (SSSR count). The molecule has 126 valence electrons. The molecule has 0 aliphatic rings. The summed E-state index contributed by atoms with van der Waals surface area (Å²) < 4.78 is 1.49. The highest BCUT2D eigenvalue weighted by molar-refractivity contribution is 6.30. The van der Waals surface area contributed by atoms with E-state index in [1.54, 1.807) is 36.7 Å². The molecule has 0 bridgehead atoms. The summed E-state index contributed by atoms with van der Waals surface area (Å²) in [5.74, 6) is -0.0303. The van der Waals surface area contributed by atoms with E-state index >= 15 is 0 Å². The van der Waals surface area contributed by atoms with Gasteiger partial charge in [0.15, 0.2) is 0 Å². The molecule has 0 radical (unpaired) electrons. The topological polar surface area (TPSA) is 64.0 Å². The number of benzene rings is 1. The predicted octanol–water partition coefficient (Wildman–Crippen LogP) is 3.51. The van der Waals surface area contributed by atoms with Gasteiger partial charge in [-0.3, -0.25) is 9.59 Å². The first-order chi connectivity index (χ1) is 12.0. The molecule has 2 aromatic heterocycles. The van der Waals surface area contributed by atoms with Crippen LogP contribution < -0.4 is 10.9 Å². The number of hydrogen-bond acceptors (Lipinski definition) is 3. The molecule has 0 spiro atoms. The van der Waals surface area contributed by atoms with Crippen molar-refractivity contribution in [2.24, 2.45) is 0 Å². The van der Waals surface area contributed by atoms with E-state index in [1.165, 1.54) is 10.6 Å². The van der Waals surface area contributed by atoms with Gasteiger partial charge in [-0.1, -0.05) is 29.8 Å². The van der Waals surface area contributed by atoms with Crippen LogP contribution in [0.4, 0.5) is 5.82 Å². The molecular weight excluding hydrogens is 338 g/mol. The lowest BCUT2D eigenvalue weighted by molar-refractivity contribution is 0.102. The number of anilines is 1. The maximum absolute atomic E-state index is 12.6. The monoisotopic (exact) mass is 353 g/mol. The van der Waals surface area contributed by atoms with Gasteiger partial charge in [0.05, 0.1) is 6.54 Å². The molecule has 1 aromatic carbocycles. The standard InChI is InChI=1S/C19H16ClN3O2/c1-13-4-2-10-21-17(13)22-18(24)16-5-3-11-23(19(16)25)12-14-6-8-15(20)9-7-14/h2-11H,12H2,1H3,(H,21,22,24). The van der Waals surface area contributed by atoms with E-state index in [1.807, 2.05) is 25.1 Å². The molecule has 6 heteroatoms. The predicted molar refractivity (Wildman–Crippen MR) is 98.2 cm³/mol. The third-order valence-corrected chi connectivity index (χ3v) is 4.02. The fourth-order valence-electron chi connectivity index (χ4n) is 2.41. The van der Waals surface area contributed by atoms with Crippen molar-refractivity contribution in [3.63, 3.8) is 0 Å². The number of amides is 1. The van der Waals surface area contributed by atoms with E-state index in [0.29, 0.717) is 17.4 Å². The minimum Gasteiger partial charge on any atom is -0.310 e. The number of nitrogens with zero attached hydrogens (tertiary/aromatic N) is 2. The van der Waals surface area contributed by atoms with E-state index < -0.39 is 5.91 Å². The Morgan fingerprint density at radius 1 is 1.16 bits per heavy atom. The molecule has 0 unspecified atom stereocenters. The van der Waals surface area contributed by atoms with Gasteiger partial charge in [0.25, 0.3) is 11.5 Å². The molecule has 0 fully saturated rings. The zero-order valence-corrected chi connectivity index (χ0v) is 14.3. The molecule has 1 N–H and O–H groups in total. The summed E-state index contributed by atoms with van der Waals surface area (Å²) in [7, 11) is 0. The van der Waals surface area contributed by atoms with Crippen molar-refractivity contribution in [1.29, 1.82) is 0 Å². The zero-order chi connectivity index (χ0) is 17.8. The highest BCUT2D eigenvalue weighted by Crippen LogP contribution is 2.12. The van der Waals surface area contributed by atoms with Crippen LogP contribution in [0.1, 0.15) is 21.5 Å². The van der Waals surface area contributed by atoms with E-state index in [2.05, 4.69) is 10.3 Å². The highest BCUT2D eigenvalue weighted by atomic mass is 35.5. The van der Waals surface area contributed by atoms with Crippen LogP contribution in [0.3, 0.4) is 0 Å². The van der Waals surface area contributed by atoms with Crippen LogP contribution in [0.2, 0.25) is 5.02 Å². The van der Waals surface area contributed by atoms with Gasteiger partial charge in [0.2, 0.25) is 0 Å². The number of carbonyl (C=O) groups is 1. The van der Waals surface area contributed by atoms with Crippen molar-refractivity contribution in [3.05, 3.63) is 93.0 Å². The van der Waals surface area contributed by atoms with Gasteiger partial charge in [0, 0.05) is 17.4 Å². The lowest BCUT2D eigenvalue weighted by Crippen LogP contribution is -2.29. The van der Waals surface area contributed by atoms with E-state index in [-0.39, 0.29) is 11.1 Å². The molecule has 3 aromatic rings. The van der Waals surface area contributed by atoms with Gasteiger partial charge in [0.1, 0.15) is 11.4 Å². The average Bonchev–Trinajstić information content (AvgIpc) is 2.60. The fraction of sp³-hybridized carbons (Fsp3) is 0.105. The van der Waals surface area contributed by atoms with Crippen molar-refractivity contribution in [2.75, 3.05) is 5.32 Å². The summed E-state index contributed by atoms with van der Waals surface area (Å²) in [5, 5.41) is 3.32. The Morgan fingerprint density at radius 3 is 2.64 bits per heavy atom. The van der Waals surface area contributed by atoms with Crippen molar-refractivity contribution in [1.82, 2.24) is 9.55 Å². The summed E-state index contributed by atoms with van der Waals surface area (Å²) in [5.41, 5.74) is 1.46. The Bertz CT molecular complexity index is 965. The van der Waals surface area contributed by atoms with Crippen LogP contribution >= 0.6 is 11.6 Å². The number of hydrogen-bond donors (Lipinski definition) is 1. The van der Waals surface area contributed by atoms with Gasteiger partial charge >= 0.3 is 0 Å². The highest BCUT2D eigenvalue weighted by Gasteiger charge is 2.14. The van der Waals surface area contributed by atoms with Crippen molar-refractivity contribution < 1.29 is 4.79 Å². The van der Waals surface area contributed by atoms with Gasteiger partial charge in [-0.15, -0.1) is 0 Å².